The molecule has 0 saturated carbocycles. The Hall–Kier alpha value is -3.17. The van der Waals surface area contributed by atoms with Gasteiger partial charge in [-0.15, -0.1) is 11.8 Å². The number of dihydropyridines is 1. The van der Waals surface area contributed by atoms with Crippen molar-refractivity contribution in [2.45, 2.75) is 19.8 Å². The number of allylic oxidation sites excluding steroid dienone is 2. The van der Waals surface area contributed by atoms with Crippen LogP contribution in [0.1, 0.15) is 25.3 Å². The molecule has 0 saturated heterocycles. The molecule has 2 N–H and O–H groups in total. The van der Waals surface area contributed by atoms with Crippen LogP contribution in [0.15, 0.2) is 76.5 Å². The standard InChI is InChI=1S/C23H23N3O2S/c1-4-28-19-13-9-8-12-17(19)21-18(14-24)23(29-3)25-15(2)20(21)22(27)26-16-10-6-5-7-11-16/h5-13,21,25H,4H2,1-3H3,(H,26,27). The van der Waals surface area contributed by atoms with E-state index in [1.54, 1.807) is 0 Å². The summed E-state index contributed by atoms with van der Waals surface area (Å²) in [5.41, 5.74) is 3.24. The van der Waals surface area contributed by atoms with Gasteiger partial charge < -0.3 is 15.4 Å². The Morgan fingerprint density at radius 3 is 2.55 bits per heavy atom. The van der Waals surface area contributed by atoms with Crippen molar-refractivity contribution in [1.82, 2.24) is 5.32 Å². The minimum atomic E-state index is -0.518. The highest BCUT2D eigenvalue weighted by atomic mass is 32.2. The van der Waals surface area contributed by atoms with E-state index in [-0.39, 0.29) is 5.91 Å². The van der Waals surface area contributed by atoms with E-state index >= 15 is 0 Å². The number of carbonyl (C=O) groups is 1. The lowest BCUT2D eigenvalue weighted by molar-refractivity contribution is -0.113. The molecule has 0 radical (unpaired) electrons. The second-order valence-electron chi connectivity index (χ2n) is 6.45. The van der Waals surface area contributed by atoms with E-state index in [2.05, 4.69) is 16.7 Å². The molecule has 6 heteroatoms. The SMILES string of the molecule is CCOc1ccccc1C1C(C#N)=C(SC)NC(C)=C1C(=O)Nc1ccccc1. The highest BCUT2D eigenvalue weighted by Crippen LogP contribution is 2.43. The fourth-order valence-corrected chi connectivity index (χ4v) is 4.05. The van der Waals surface area contributed by atoms with Crippen LogP contribution in [0, 0.1) is 11.3 Å². The van der Waals surface area contributed by atoms with Crippen LogP contribution >= 0.6 is 11.8 Å². The van der Waals surface area contributed by atoms with Crippen molar-refractivity contribution in [2.75, 3.05) is 18.2 Å². The van der Waals surface area contributed by atoms with Crippen LogP contribution in [0.5, 0.6) is 5.75 Å². The van der Waals surface area contributed by atoms with Crippen molar-refractivity contribution >= 4 is 23.4 Å². The number of thioether (sulfide) groups is 1. The molecule has 3 rings (SSSR count). The Labute approximate surface area is 175 Å². The molecule has 1 aliphatic heterocycles. The summed E-state index contributed by atoms with van der Waals surface area (Å²) in [6, 6.07) is 19.2. The summed E-state index contributed by atoms with van der Waals surface area (Å²) in [6.07, 6.45) is 1.91. The second-order valence-corrected chi connectivity index (χ2v) is 7.26. The van der Waals surface area contributed by atoms with Crippen molar-refractivity contribution < 1.29 is 9.53 Å². The number of hydrogen-bond acceptors (Lipinski definition) is 5. The van der Waals surface area contributed by atoms with Gasteiger partial charge in [-0.1, -0.05) is 36.4 Å². The van der Waals surface area contributed by atoms with Crippen LogP contribution in [0.3, 0.4) is 0 Å². The number of nitrogens with zero attached hydrogens (tertiary/aromatic N) is 1. The zero-order chi connectivity index (χ0) is 20.8. The molecule has 0 aliphatic carbocycles. The molecular formula is C23H23N3O2S. The summed E-state index contributed by atoms with van der Waals surface area (Å²) in [7, 11) is 0. The molecule has 148 valence electrons. The Kier molecular flexibility index (Phi) is 6.63. The van der Waals surface area contributed by atoms with Gasteiger partial charge in [0.15, 0.2) is 0 Å². The molecule has 1 aliphatic rings. The number of benzene rings is 2. The minimum Gasteiger partial charge on any atom is -0.494 e. The van der Waals surface area contributed by atoms with Crippen molar-refractivity contribution in [1.29, 1.82) is 5.26 Å². The first-order valence-electron chi connectivity index (χ1n) is 9.34. The Morgan fingerprint density at radius 2 is 1.90 bits per heavy atom. The summed E-state index contributed by atoms with van der Waals surface area (Å²) in [4.78, 5) is 13.3. The van der Waals surface area contributed by atoms with E-state index in [1.807, 2.05) is 74.7 Å². The third kappa shape index (κ3) is 4.30. The number of hydrogen-bond donors (Lipinski definition) is 2. The zero-order valence-electron chi connectivity index (χ0n) is 16.7. The number of nitriles is 1. The maximum atomic E-state index is 13.3. The van der Waals surface area contributed by atoms with Crippen LogP contribution in [0.4, 0.5) is 5.69 Å². The van der Waals surface area contributed by atoms with E-state index in [9.17, 15) is 10.1 Å². The number of carbonyl (C=O) groups excluding carboxylic acids is 1. The summed E-state index contributed by atoms with van der Waals surface area (Å²) < 4.78 is 5.82. The summed E-state index contributed by atoms with van der Waals surface area (Å²) >= 11 is 1.46. The molecule has 1 amide bonds. The number of para-hydroxylation sites is 2. The van der Waals surface area contributed by atoms with Crippen LogP contribution < -0.4 is 15.4 Å². The van der Waals surface area contributed by atoms with Gasteiger partial charge in [-0.3, -0.25) is 4.79 Å². The monoisotopic (exact) mass is 405 g/mol. The van der Waals surface area contributed by atoms with Crippen molar-refractivity contribution in [3.63, 3.8) is 0 Å². The Bertz CT molecular complexity index is 1010. The molecule has 0 bridgehead atoms. The molecule has 1 unspecified atom stereocenters. The number of ether oxygens (including phenoxy) is 1. The normalized spacial score (nSPS) is 16.1. The van der Waals surface area contributed by atoms with Crippen LogP contribution in [0.2, 0.25) is 0 Å². The van der Waals surface area contributed by atoms with E-state index in [1.165, 1.54) is 11.8 Å². The quantitative estimate of drug-likeness (QED) is 0.723. The Morgan fingerprint density at radius 1 is 1.21 bits per heavy atom. The number of rotatable bonds is 6. The van der Waals surface area contributed by atoms with Gasteiger partial charge >= 0.3 is 0 Å². The highest BCUT2D eigenvalue weighted by molar-refractivity contribution is 8.02. The van der Waals surface area contributed by atoms with Gasteiger partial charge in [-0.05, 0) is 38.3 Å². The average Bonchev–Trinajstić information content (AvgIpc) is 2.74. The average molecular weight is 406 g/mol. The fourth-order valence-electron chi connectivity index (χ4n) is 3.41. The van der Waals surface area contributed by atoms with Crippen LogP contribution in [0.25, 0.3) is 0 Å². The number of anilines is 1. The van der Waals surface area contributed by atoms with E-state index in [0.29, 0.717) is 29.2 Å². The first-order chi connectivity index (χ1) is 14.1. The molecule has 0 spiro atoms. The van der Waals surface area contributed by atoms with Crippen molar-refractivity contribution in [3.05, 3.63) is 82.0 Å². The first kappa shape index (κ1) is 20.6. The number of amides is 1. The molecule has 5 nitrogen and oxygen atoms in total. The predicted molar refractivity (Wildman–Crippen MR) is 117 cm³/mol. The van der Waals surface area contributed by atoms with Crippen molar-refractivity contribution in [3.8, 4) is 11.8 Å². The van der Waals surface area contributed by atoms with E-state index in [0.717, 1.165) is 16.3 Å². The fraction of sp³-hybridized carbons (Fsp3) is 0.217. The molecule has 0 fully saturated rings. The van der Waals surface area contributed by atoms with Gasteiger partial charge in [0.2, 0.25) is 0 Å². The maximum absolute atomic E-state index is 13.3. The van der Waals surface area contributed by atoms with Crippen LogP contribution in [-0.2, 0) is 4.79 Å². The lowest BCUT2D eigenvalue weighted by Crippen LogP contribution is -2.30. The Balaban J connectivity index is 2.12. The lowest BCUT2D eigenvalue weighted by atomic mass is 9.81. The van der Waals surface area contributed by atoms with Gasteiger partial charge in [-0.2, -0.15) is 5.26 Å². The first-order valence-corrected chi connectivity index (χ1v) is 10.6. The topological polar surface area (TPSA) is 74.1 Å². The minimum absolute atomic E-state index is 0.245. The van der Waals surface area contributed by atoms with Gasteiger partial charge in [0, 0.05) is 22.5 Å². The second kappa shape index (κ2) is 9.35. The highest BCUT2D eigenvalue weighted by Gasteiger charge is 2.35. The number of nitrogens with one attached hydrogen (secondary N) is 2. The predicted octanol–water partition coefficient (Wildman–Crippen LogP) is 4.78. The van der Waals surface area contributed by atoms with E-state index < -0.39 is 5.92 Å². The van der Waals surface area contributed by atoms with Gasteiger partial charge in [0.05, 0.1) is 29.2 Å². The van der Waals surface area contributed by atoms with Gasteiger partial charge in [0.25, 0.3) is 5.91 Å². The van der Waals surface area contributed by atoms with Crippen molar-refractivity contribution in [2.24, 2.45) is 0 Å². The lowest BCUT2D eigenvalue weighted by Gasteiger charge is -2.30. The third-order valence-corrected chi connectivity index (χ3v) is 5.39. The molecule has 1 atom stereocenters. The summed E-state index contributed by atoms with van der Waals surface area (Å²) in [5, 5.41) is 16.9. The summed E-state index contributed by atoms with van der Waals surface area (Å²) in [5.74, 6) is -0.0894. The molecule has 2 aromatic rings. The molecular weight excluding hydrogens is 382 g/mol. The van der Waals surface area contributed by atoms with Gasteiger partial charge in [-0.25, -0.2) is 0 Å². The zero-order valence-corrected chi connectivity index (χ0v) is 17.5. The van der Waals surface area contributed by atoms with E-state index in [4.69, 9.17) is 4.74 Å². The molecule has 2 aromatic carbocycles. The largest absolute Gasteiger partial charge is 0.494 e. The van der Waals surface area contributed by atoms with Gasteiger partial charge in [0.1, 0.15) is 5.75 Å². The summed E-state index contributed by atoms with van der Waals surface area (Å²) in [6.45, 7) is 4.27. The molecule has 29 heavy (non-hydrogen) atoms. The smallest absolute Gasteiger partial charge is 0.254 e. The van der Waals surface area contributed by atoms with Crippen LogP contribution in [-0.4, -0.2) is 18.8 Å². The third-order valence-electron chi connectivity index (χ3n) is 4.66. The molecule has 1 heterocycles. The molecule has 0 aromatic heterocycles. The maximum Gasteiger partial charge on any atom is 0.254 e.